The lowest BCUT2D eigenvalue weighted by Crippen LogP contribution is -2.41. The van der Waals surface area contributed by atoms with E-state index in [9.17, 15) is 23.1 Å². The molecule has 1 aromatic carbocycles. The van der Waals surface area contributed by atoms with Gasteiger partial charge < -0.3 is 10.4 Å². The molecule has 0 aromatic heterocycles. The molecule has 0 heterocycles. The Morgan fingerprint density at radius 3 is 2.30 bits per heavy atom. The second-order valence-corrected chi connectivity index (χ2v) is 5.24. The molecule has 2 N–H and O–H groups in total. The number of halogens is 4. The average Bonchev–Trinajstić information content (AvgIpc) is 2.49. The molecule has 0 saturated carbocycles. The Kier molecular flexibility index (Phi) is 7.74. The molecule has 0 radical (unpaired) electrons. The smallest absolute Gasteiger partial charge is 0.379 e. The van der Waals surface area contributed by atoms with Gasteiger partial charge in [-0.25, -0.2) is 0 Å². The van der Waals surface area contributed by atoms with Gasteiger partial charge in [0.1, 0.15) is 5.60 Å². The van der Waals surface area contributed by atoms with Gasteiger partial charge in [0.2, 0.25) is 0 Å². The SMILES string of the molecule is CC.Cc1cc(C#N)c(C(F)(F)F)cc1NC(=O)[C@@](C)(O)CBr. The van der Waals surface area contributed by atoms with Crippen LogP contribution in [0.3, 0.4) is 0 Å². The Balaban J connectivity index is 0.00000232. The number of hydrogen-bond acceptors (Lipinski definition) is 3. The van der Waals surface area contributed by atoms with Gasteiger partial charge >= 0.3 is 6.18 Å². The van der Waals surface area contributed by atoms with Gasteiger partial charge in [-0.2, -0.15) is 18.4 Å². The number of carbonyl (C=O) groups excluding carboxylic acids is 1. The van der Waals surface area contributed by atoms with Crippen LogP contribution in [0.25, 0.3) is 0 Å². The van der Waals surface area contributed by atoms with Crippen molar-refractivity contribution in [3.05, 3.63) is 28.8 Å². The van der Waals surface area contributed by atoms with Crippen molar-refractivity contribution in [3.8, 4) is 6.07 Å². The molecule has 1 aromatic rings. The predicted molar refractivity (Wildman–Crippen MR) is 85.3 cm³/mol. The monoisotopic (exact) mass is 394 g/mol. The lowest BCUT2D eigenvalue weighted by atomic mass is 10.0. The quantitative estimate of drug-likeness (QED) is 0.760. The molecule has 128 valence electrons. The molecular weight excluding hydrogens is 377 g/mol. The van der Waals surface area contributed by atoms with Crippen molar-refractivity contribution in [3.63, 3.8) is 0 Å². The highest BCUT2D eigenvalue weighted by atomic mass is 79.9. The van der Waals surface area contributed by atoms with Crippen molar-refractivity contribution in [2.75, 3.05) is 10.6 Å². The summed E-state index contributed by atoms with van der Waals surface area (Å²) in [5, 5.41) is 20.7. The van der Waals surface area contributed by atoms with Crippen molar-refractivity contribution in [1.29, 1.82) is 5.26 Å². The number of aliphatic hydroxyl groups is 1. The second kappa shape index (κ2) is 8.31. The van der Waals surface area contributed by atoms with Crippen molar-refractivity contribution >= 4 is 27.5 Å². The second-order valence-electron chi connectivity index (χ2n) is 4.68. The van der Waals surface area contributed by atoms with Crippen molar-refractivity contribution in [2.24, 2.45) is 0 Å². The van der Waals surface area contributed by atoms with Gasteiger partial charge in [0, 0.05) is 11.0 Å². The number of nitriles is 1. The molecule has 8 heteroatoms. The zero-order valence-corrected chi connectivity index (χ0v) is 14.8. The van der Waals surface area contributed by atoms with E-state index in [1.54, 1.807) is 0 Å². The summed E-state index contributed by atoms with van der Waals surface area (Å²) in [7, 11) is 0. The molecule has 0 aliphatic rings. The van der Waals surface area contributed by atoms with Crippen LogP contribution in [0.5, 0.6) is 0 Å². The maximum absolute atomic E-state index is 12.9. The highest BCUT2D eigenvalue weighted by molar-refractivity contribution is 9.09. The number of rotatable bonds is 3. The van der Waals surface area contributed by atoms with Crippen LogP contribution in [0.15, 0.2) is 12.1 Å². The largest absolute Gasteiger partial charge is 0.417 e. The number of alkyl halides is 4. The average molecular weight is 395 g/mol. The van der Waals surface area contributed by atoms with Crippen molar-refractivity contribution in [2.45, 2.75) is 39.5 Å². The molecule has 4 nitrogen and oxygen atoms in total. The maximum Gasteiger partial charge on any atom is 0.417 e. The fourth-order valence-electron chi connectivity index (χ4n) is 1.49. The standard InChI is InChI=1S/C13H12BrF3N2O2.C2H6/c1-7-3-8(5-18)9(13(15,16)17)4-10(7)19-11(20)12(2,21)6-14;1-2/h3-4,21H,6H2,1-2H3,(H,19,20);1-2H3/t12-;/m0./s1. The van der Waals surface area contributed by atoms with Gasteiger partial charge in [-0.3, -0.25) is 4.79 Å². The van der Waals surface area contributed by atoms with E-state index in [1.165, 1.54) is 19.9 Å². The van der Waals surface area contributed by atoms with Crippen LogP contribution >= 0.6 is 15.9 Å². The van der Waals surface area contributed by atoms with E-state index in [-0.39, 0.29) is 11.0 Å². The van der Waals surface area contributed by atoms with Gasteiger partial charge in [-0.05, 0) is 31.5 Å². The van der Waals surface area contributed by atoms with Crippen LogP contribution in [-0.4, -0.2) is 21.9 Å². The number of benzene rings is 1. The number of hydrogen-bond donors (Lipinski definition) is 2. The predicted octanol–water partition coefficient (Wildman–Crippen LogP) is 4.00. The minimum atomic E-state index is -4.71. The molecule has 0 bridgehead atoms. The molecule has 0 aliphatic carbocycles. The molecule has 0 fully saturated rings. The fraction of sp³-hybridized carbons (Fsp3) is 0.467. The molecule has 0 spiro atoms. The summed E-state index contributed by atoms with van der Waals surface area (Å²) in [6.07, 6.45) is -4.71. The summed E-state index contributed by atoms with van der Waals surface area (Å²) in [4.78, 5) is 11.8. The van der Waals surface area contributed by atoms with E-state index in [2.05, 4.69) is 21.2 Å². The number of aryl methyl sites for hydroxylation is 1. The topological polar surface area (TPSA) is 73.1 Å². The van der Waals surface area contributed by atoms with Gasteiger partial charge in [-0.1, -0.05) is 29.8 Å². The summed E-state index contributed by atoms with van der Waals surface area (Å²) in [5.41, 5.74) is -3.24. The molecule has 1 amide bonds. The van der Waals surface area contributed by atoms with E-state index in [0.29, 0.717) is 11.6 Å². The fourth-order valence-corrected chi connectivity index (χ4v) is 1.74. The van der Waals surface area contributed by atoms with Gasteiger partial charge in [0.25, 0.3) is 5.91 Å². The number of nitrogens with one attached hydrogen (secondary N) is 1. The first-order chi connectivity index (χ1) is 10.5. The number of nitrogens with zero attached hydrogens (tertiary/aromatic N) is 1. The lowest BCUT2D eigenvalue weighted by molar-refractivity contribution is -0.137. The lowest BCUT2D eigenvalue weighted by Gasteiger charge is -2.21. The summed E-state index contributed by atoms with van der Waals surface area (Å²) in [6, 6.07) is 3.21. The molecule has 23 heavy (non-hydrogen) atoms. The molecule has 0 saturated heterocycles. The Morgan fingerprint density at radius 2 is 1.91 bits per heavy atom. The number of anilines is 1. The van der Waals surface area contributed by atoms with Gasteiger partial charge in [0.05, 0.1) is 17.2 Å². The summed E-state index contributed by atoms with van der Waals surface area (Å²) < 4.78 is 38.6. The molecule has 1 atom stereocenters. The summed E-state index contributed by atoms with van der Waals surface area (Å²) in [6.45, 7) is 6.68. The van der Waals surface area contributed by atoms with Crippen LogP contribution in [0.4, 0.5) is 18.9 Å². The van der Waals surface area contributed by atoms with E-state index in [0.717, 1.165) is 6.07 Å². The molecule has 1 rings (SSSR count). The van der Waals surface area contributed by atoms with Crippen LogP contribution in [-0.2, 0) is 11.0 Å². The van der Waals surface area contributed by atoms with Gasteiger partial charge in [0.15, 0.2) is 0 Å². The zero-order chi connectivity index (χ0) is 18.4. The minimum absolute atomic E-state index is 0.0761. The summed E-state index contributed by atoms with van der Waals surface area (Å²) in [5.74, 6) is -0.847. The van der Waals surface area contributed by atoms with Crippen LogP contribution in [0.1, 0.15) is 37.5 Å². The van der Waals surface area contributed by atoms with E-state index in [1.807, 2.05) is 13.8 Å². The normalized spacial score (nSPS) is 13.2. The first kappa shape index (κ1) is 21.4. The third-order valence-corrected chi connectivity index (χ3v) is 3.88. The molecule has 0 unspecified atom stereocenters. The first-order valence-electron chi connectivity index (χ1n) is 6.74. The first-order valence-corrected chi connectivity index (χ1v) is 7.87. The molecular formula is C15H18BrF3N2O2. The Hall–Kier alpha value is -1.59. The zero-order valence-electron chi connectivity index (χ0n) is 13.2. The Morgan fingerprint density at radius 1 is 1.39 bits per heavy atom. The minimum Gasteiger partial charge on any atom is -0.379 e. The van der Waals surface area contributed by atoms with E-state index >= 15 is 0 Å². The van der Waals surface area contributed by atoms with Crippen molar-refractivity contribution < 1.29 is 23.1 Å². The van der Waals surface area contributed by atoms with Gasteiger partial charge in [-0.15, -0.1) is 0 Å². The summed E-state index contributed by atoms with van der Waals surface area (Å²) >= 11 is 2.94. The highest BCUT2D eigenvalue weighted by Crippen LogP contribution is 2.35. The van der Waals surface area contributed by atoms with Crippen molar-refractivity contribution in [1.82, 2.24) is 0 Å². The van der Waals surface area contributed by atoms with E-state index < -0.39 is 28.8 Å². The third-order valence-electron chi connectivity index (χ3n) is 2.79. The number of amides is 1. The highest BCUT2D eigenvalue weighted by Gasteiger charge is 2.35. The van der Waals surface area contributed by atoms with Crippen LogP contribution < -0.4 is 5.32 Å². The van der Waals surface area contributed by atoms with Crippen LogP contribution in [0.2, 0.25) is 0 Å². The van der Waals surface area contributed by atoms with Crippen LogP contribution in [0, 0.1) is 18.3 Å². The van der Waals surface area contributed by atoms with E-state index in [4.69, 9.17) is 5.26 Å². The maximum atomic E-state index is 12.9. The third kappa shape index (κ3) is 5.52. The molecule has 0 aliphatic heterocycles. The Bertz CT molecular complexity index is 608. The Labute approximate surface area is 141 Å². The number of carbonyl (C=O) groups is 1.